The number of allylic oxidation sites excluding steroid dienone is 3. The van der Waals surface area contributed by atoms with Crippen LogP contribution < -0.4 is 26.0 Å². The first-order valence-corrected chi connectivity index (χ1v) is 27.5. The SMILES string of the molecule is CCN1C(=CC=Cc2cc[n+](CCCCCC(=O)NC/C=C/c3cn(C4OC(COP(=O)(O)OP(=O)(O)OP(=O)(O)O)C(O)C4O)c(=O)[nH]c3=O)c3ccccc23)C(C)(C)c2cc(S(=O)(=O)O)ccc21. The van der Waals surface area contributed by atoms with Crippen LogP contribution >= 0.6 is 23.5 Å². The van der Waals surface area contributed by atoms with Crippen molar-refractivity contribution in [3.8, 4) is 0 Å². The largest absolute Gasteiger partial charge is 0.490 e. The van der Waals surface area contributed by atoms with Gasteiger partial charge in [-0.3, -0.25) is 28.2 Å². The molecule has 70 heavy (non-hydrogen) atoms. The number of pyridine rings is 1. The van der Waals surface area contributed by atoms with Gasteiger partial charge in [0, 0.05) is 61.1 Å². The summed E-state index contributed by atoms with van der Waals surface area (Å²) in [7, 11) is -21.5. The highest BCUT2D eigenvalue weighted by Crippen LogP contribution is 2.66. The second kappa shape index (κ2) is 21.9. The van der Waals surface area contributed by atoms with E-state index in [1.165, 1.54) is 24.3 Å². The van der Waals surface area contributed by atoms with Crippen LogP contribution in [0.25, 0.3) is 23.1 Å². The first-order chi connectivity index (χ1) is 32.7. The maximum absolute atomic E-state index is 12.7. The maximum Gasteiger partial charge on any atom is 0.490 e. The number of para-hydroxylation sites is 1. The lowest BCUT2D eigenvalue weighted by molar-refractivity contribution is -0.671. The van der Waals surface area contributed by atoms with E-state index in [9.17, 15) is 61.0 Å². The Balaban J connectivity index is 0.979. The molecular weight excluding hydrogens is 1000 g/mol. The molecule has 0 radical (unpaired) electrons. The molecule has 2 aliphatic heterocycles. The van der Waals surface area contributed by atoms with Gasteiger partial charge in [-0.1, -0.05) is 50.3 Å². The maximum atomic E-state index is 12.7. The third-order valence-electron chi connectivity index (χ3n) is 11.4. The van der Waals surface area contributed by atoms with Crippen molar-refractivity contribution in [2.75, 3.05) is 24.6 Å². The molecule has 1 amide bonds. The lowest BCUT2D eigenvalue weighted by Crippen LogP contribution is -2.38. The number of rotatable bonds is 21. The van der Waals surface area contributed by atoms with Crippen molar-refractivity contribution >= 4 is 68.2 Å². The van der Waals surface area contributed by atoms with Crippen molar-refractivity contribution in [3.05, 3.63) is 122 Å². The van der Waals surface area contributed by atoms with Gasteiger partial charge >= 0.3 is 29.2 Å². The van der Waals surface area contributed by atoms with Gasteiger partial charge in [0.2, 0.25) is 11.4 Å². The number of unbranched alkanes of at least 4 members (excludes halogenated alkanes) is 2. The summed E-state index contributed by atoms with van der Waals surface area (Å²) in [5.41, 5.74) is 2.10. The molecule has 9 N–H and O–H groups in total. The Labute approximate surface area is 400 Å². The van der Waals surface area contributed by atoms with Crippen molar-refractivity contribution in [1.82, 2.24) is 14.9 Å². The molecule has 6 rings (SSSR count). The number of aliphatic hydroxyl groups is 2. The second-order valence-corrected chi connectivity index (χ2v) is 22.5. The van der Waals surface area contributed by atoms with Crippen LogP contribution in [0.2, 0.25) is 0 Å². The third-order valence-corrected chi connectivity index (χ3v) is 16.1. The molecule has 380 valence electrons. The molecule has 1 fully saturated rings. The summed E-state index contributed by atoms with van der Waals surface area (Å²) in [5, 5.41) is 24.8. The Morgan fingerprint density at radius 1 is 0.957 bits per heavy atom. The molecule has 1 saturated heterocycles. The fraction of sp³-hybridized carbons (Fsp3) is 0.381. The van der Waals surface area contributed by atoms with Gasteiger partial charge < -0.3 is 44.7 Å². The van der Waals surface area contributed by atoms with Gasteiger partial charge in [0.05, 0.1) is 22.5 Å². The minimum Gasteiger partial charge on any atom is -0.387 e. The number of benzene rings is 2. The number of aromatic nitrogens is 3. The number of carbonyl (C=O) groups is 1. The van der Waals surface area contributed by atoms with Crippen molar-refractivity contribution in [2.45, 2.75) is 87.8 Å². The van der Waals surface area contributed by atoms with Crippen LogP contribution in [0.15, 0.2) is 99.3 Å². The molecule has 6 unspecified atom stereocenters. The zero-order valence-corrected chi connectivity index (χ0v) is 41.2. The second-order valence-electron chi connectivity index (χ2n) is 16.6. The lowest BCUT2D eigenvalue weighted by Gasteiger charge is -2.25. The number of hydrogen-bond acceptors (Lipinski definition) is 15. The van der Waals surface area contributed by atoms with Crippen LogP contribution in [-0.4, -0.2) is 96.2 Å². The number of amides is 1. The minimum absolute atomic E-state index is 0.00123. The van der Waals surface area contributed by atoms with Gasteiger partial charge in [0.1, 0.15) is 24.9 Å². The van der Waals surface area contributed by atoms with Gasteiger partial charge in [-0.05, 0) is 61.2 Å². The number of nitrogens with one attached hydrogen (secondary N) is 2. The van der Waals surface area contributed by atoms with Gasteiger partial charge in [-0.15, -0.1) is 0 Å². The smallest absolute Gasteiger partial charge is 0.387 e. The number of likely N-dealkylation sites (N-methyl/N-ethyl adjacent to an activating group) is 1. The van der Waals surface area contributed by atoms with E-state index in [1.807, 2.05) is 80.5 Å². The van der Waals surface area contributed by atoms with Crippen LogP contribution in [0.4, 0.5) is 5.69 Å². The quantitative estimate of drug-likeness (QED) is 0.0250. The van der Waals surface area contributed by atoms with E-state index < -0.39 is 81.4 Å². The van der Waals surface area contributed by atoms with Gasteiger partial charge in [0.25, 0.3) is 15.7 Å². The highest BCUT2D eigenvalue weighted by molar-refractivity contribution is 7.85. The van der Waals surface area contributed by atoms with E-state index in [4.69, 9.17) is 14.5 Å². The summed E-state index contributed by atoms with van der Waals surface area (Å²) >= 11 is 0. The topological polar surface area (TPSA) is 355 Å². The summed E-state index contributed by atoms with van der Waals surface area (Å²) in [6, 6.07) is 14.7. The van der Waals surface area contributed by atoms with E-state index in [1.54, 1.807) is 6.07 Å². The van der Waals surface area contributed by atoms with Crippen molar-refractivity contribution in [1.29, 1.82) is 0 Å². The van der Waals surface area contributed by atoms with Gasteiger partial charge in [0.15, 0.2) is 12.4 Å². The van der Waals surface area contributed by atoms with Crippen molar-refractivity contribution < 1.29 is 83.7 Å². The highest BCUT2D eigenvalue weighted by Gasteiger charge is 2.47. The van der Waals surface area contributed by atoms with Crippen LogP contribution in [0.5, 0.6) is 0 Å². The molecular formula is C42H53N5O19P3S+. The molecule has 24 nitrogen and oxygen atoms in total. The summed E-state index contributed by atoms with van der Waals surface area (Å²) < 4.78 is 87.9. The van der Waals surface area contributed by atoms with E-state index in [0.29, 0.717) is 24.1 Å². The Bertz CT molecular complexity index is 3100. The molecule has 2 aromatic carbocycles. The number of hydrogen-bond donors (Lipinski definition) is 9. The standard InChI is InChI=1S/C42H52N5O19P3S/c1-4-46-33-19-18-29(70(60,61)62)24-31(33)42(2,3)35(46)16-10-12-27-20-23-45(32-15-8-7-14-30(27)32)22-9-5-6-17-36(48)43-21-11-13-28-25-47(41(52)44-39(28)51)40-38(50)37(49)34(64-40)26-63-68(56,57)66-69(58,59)65-67(53,54)55/h7-8,10-16,18-20,23-25,34,37-38,40,49-50H,4-6,9,17,21-22,26H2,1-3H3,(H6-,43,44,48,51,52,53,54,55,56,57,58,59,60,61,62)/p+1/b13-11+. The normalized spacial score (nSPS) is 21.7. The van der Waals surface area contributed by atoms with Crippen molar-refractivity contribution in [2.24, 2.45) is 0 Å². The first-order valence-electron chi connectivity index (χ1n) is 21.5. The molecule has 4 heterocycles. The van der Waals surface area contributed by atoms with Gasteiger partial charge in [-0.2, -0.15) is 21.6 Å². The number of carbonyl (C=O) groups excluding carboxylic acids is 1. The fourth-order valence-electron chi connectivity index (χ4n) is 8.12. The summed E-state index contributed by atoms with van der Waals surface area (Å²) in [5.74, 6) is -0.249. The molecule has 2 aliphatic rings. The number of aliphatic hydroxyl groups excluding tert-OH is 2. The Kier molecular flexibility index (Phi) is 17.1. The number of H-pyrrole nitrogens is 1. The first kappa shape index (κ1) is 54.6. The highest BCUT2D eigenvalue weighted by atomic mass is 32.2. The summed E-state index contributed by atoms with van der Waals surface area (Å²) in [6.45, 7) is 6.29. The molecule has 0 bridgehead atoms. The molecule has 4 aromatic rings. The molecule has 0 spiro atoms. The van der Waals surface area contributed by atoms with Gasteiger partial charge in [-0.25, -0.2) is 18.5 Å². The predicted molar refractivity (Wildman–Crippen MR) is 251 cm³/mol. The molecule has 6 atom stereocenters. The number of anilines is 1. The number of aryl methyl sites for hydroxylation is 1. The number of ether oxygens (including phenoxy) is 1. The van der Waals surface area contributed by atoms with Crippen LogP contribution in [0, 0.1) is 0 Å². The average molecular weight is 1060 g/mol. The molecule has 28 heteroatoms. The predicted octanol–water partition coefficient (Wildman–Crippen LogP) is 3.29. The van der Waals surface area contributed by atoms with Crippen LogP contribution in [0.3, 0.4) is 0 Å². The minimum atomic E-state index is -5.84. The number of nitrogens with zero attached hydrogens (tertiary/aromatic N) is 3. The molecule has 0 saturated carbocycles. The average Bonchev–Trinajstić information content (AvgIpc) is 3.66. The number of fused-ring (bicyclic) bond motifs is 2. The van der Waals surface area contributed by atoms with E-state index in [2.05, 4.69) is 27.9 Å². The number of phosphoric ester groups is 1. The zero-order chi connectivity index (χ0) is 51.4. The van der Waals surface area contributed by atoms with Crippen LogP contribution in [-0.2, 0) is 58.4 Å². The van der Waals surface area contributed by atoms with Crippen LogP contribution in [0.1, 0.15) is 69.4 Å². The zero-order valence-electron chi connectivity index (χ0n) is 37.7. The monoisotopic (exact) mass is 1060 g/mol. The Morgan fingerprint density at radius 2 is 1.69 bits per heavy atom. The summed E-state index contributed by atoms with van der Waals surface area (Å²) in [6.07, 6.45) is 6.91. The van der Waals surface area contributed by atoms with E-state index in [-0.39, 0.29) is 29.3 Å². The fourth-order valence-corrected chi connectivity index (χ4v) is 11.7. The van der Waals surface area contributed by atoms with E-state index in [0.717, 1.165) is 52.5 Å². The Morgan fingerprint density at radius 3 is 2.39 bits per heavy atom. The molecule has 2 aromatic heterocycles. The molecule has 0 aliphatic carbocycles. The Hall–Kier alpha value is -4.78. The van der Waals surface area contributed by atoms with Crippen molar-refractivity contribution in [3.63, 3.8) is 0 Å². The number of phosphoric acid groups is 3. The lowest BCUT2D eigenvalue weighted by atomic mass is 9.83. The van der Waals surface area contributed by atoms with E-state index >= 15 is 0 Å². The summed E-state index contributed by atoms with van der Waals surface area (Å²) in [4.78, 5) is 78.2. The number of aromatic amines is 1. The third kappa shape index (κ3) is 13.4.